The van der Waals surface area contributed by atoms with Crippen molar-refractivity contribution in [3.8, 4) is 0 Å². The Morgan fingerprint density at radius 1 is 1.00 bits per heavy atom. The van der Waals surface area contributed by atoms with Gasteiger partial charge in [0.05, 0.1) is 6.42 Å². The van der Waals surface area contributed by atoms with Gasteiger partial charge in [-0.25, -0.2) is 9.97 Å². The SMILES string of the molecule is O=C1CC(=O)c2nccnc21. The quantitative estimate of drug-likeness (QED) is 0.494. The van der Waals surface area contributed by atoms with Crippen molar-refractivity contribution in [3.05, 3.63) is 23.8 Å². The maximum atomic E-state index is 11.0. The molecular formula is C7H4N2O2. The van der Waals surface area contributed by atoms with Crippen LogP contribution >= 0.6 is 0 Å². The summed E-state index contributed by atoms with van der Waals surface area (Å²) in [7, 11) is 0. The van der Waals surface area contributed by atoms with Crippen LogP contribution in [-0.4, -0.2) is 21.5 Å². The number of fused-ring (bicyclic) bond motifs is 1. The molecule has 1 aliphatic carbocycles. The van der Waals surface area contributed by atoms with Gasteiger partial charge in [0, 0.05) is 12.4 Å². The predicted octanol–water partition coefficient (Wildman–Crippen LogP) is 0.246. The summed E-state index contributed by atoms with van der Waals surface area (Å²) in [5.74, 6) is -0.448. The highest BCUT2D eigenvalue weighted by Crippen LogP contribution is 2.15. The van der Waals surface area contributed by atoms with Gasteiger partial charge in [-0.15, -0.1) is 0 Å². The Bertz CT molecular complexity index is 313. The van der Waals surface area contributed by atoms with E-state index < -0.39 is 0 Å². The number of aromatic nitrogens is 2. The molecule has 0 aromatic carbocycles. The van der Waals surface area contributed by atoms with Crippen LogP contribution in [0.1, 0.15) is 27.4 Å². The van der Waals surface area contributed by atoms with Gasteiger partial charge < -0.3 is 0 Å². The molecule has 11 heavy (non-hydrogen) atoms. The largest absolute Gasteiger partial charge is 0.292 e. The van der Waals surface area contributed by atoms with Crippen molar-refractivity contribution in [2.45, 2.75) is 6.42 Å². The molecule has 0 atom stereocenters. The van der Waals surface area contributed by atoms with E-state index in [9.17, 15) is 9.59 Å². The molecule has 0 saturated carbocycles. The molecule has 1 aromatic rings. The molecule has 1 aromatic heterocycles. The Morgan fingerprint density at radius 2 is 1.45 bits per heavy atom. The van der Waals surface area contributed by atoms with E-state index >= 15 is 0 Å². The number of rotatable bonds is 0. The van der Waals surface area contributed by atoms with Gasteiger partial charge in [-0.3, -0.25) is 9.59 Å². The molecule has 0 amide bonds. The van der Waals surface area contributed by atoms with Crippen LogP contribution in [-0.2, 0) is 0 Å². The first kappa shape index (κ1) is 6.15. The van der Waals surface area contributed by atoms with Crippen LogP contribution in [0.25, 0.3) is 0 Å². The van der Waals surface area contributed by atoms with Crippen LogP contribution in [0.2, 0.25) is 0 Å². The summed E-state index contributed by atoms with van der Waals surface area (Å²) < 4.78 is 0. The van der Waals surface area contributed by atoms with Crippen LogP contribution < -0.4 is 0 Å². The minimum Gasteiger partial charge on any atom is -0.292 e. The van der Waals surface area contributed by atoms with Gasteiger partial charge in [0.2, 0.25) is 0 Å². The summed E-state index contributed by atoms with van der Waals surface area (Å²) in [4.78, 5) is 29.4. The van der Waals surface area contributed by atoms with Gasteiger partial charge in [-0.1, -0.05) is 0 Å². The van der Waals surface area contributed by atoms with Crippen molar-refractivity contribution in [1.29, 1.82) is 0 Å². The average Bonchev–Trinajstić information content (AvgIpc) is 2.30. The standard InChI is InChI=1S/C7H4N2O2/c10-4-3-5(11)7-6(4)8-1-2-9-7/h1-2H,3H2. The highest BCUT2D eigenvalue weighted by Gasteiger charge is 2.29. The van der Waals surface area contributed by atoms with E-state index in [4.69, 9.17) is 0 Å². The topological polar surface area (TPSA) is 59.9 Å². The average molecular weight is 148 g/mol. The highest BCUT2D eigenvalue weighted by molar-refractivity contribution is 6.22. The lowest BCUT2D eigenvalue weighted by molar-refractivity contribution is 0.0920. The Kier molecular flexibility index (Phi) is 1.09. The van der Waals surface area contributed by atoms with Gasteiger partial charge in [0.15, 0.2) is 11.6 Å². The molecule has 0 radical (unpaired) electrons. The lowest BCUT2D eigenvalue weighted by Gasteiger charge is -1.89. The van der Waals surface area contributed by atoms with Gasteiger partial charge in [-0.05, 0) is 0 Å². The summed E-state index contributed by atoms with van der Waals surface area (Å²) >= 11 is 0. The van der Waals surface area contributed by atoms with Gasteiger partial charge in [0.25, 0.3) is 0 Å². The van der Waals surface area contributed by atoms with Crippen molar-refractivity contribution in [1.82, 2.24) is 9.97 Å². The van der Waals surface area contributed by atoms with E-state index in [1.165, 1.54) is 12.4 Å². The molecule has 2 rings (SSSR count). The molecule has 4 nitrogen and oxygen atoms in total. The lowest BCUT2D eigenvalue weighted by Crippen LogP contribution is -1.96. The van der Waals surface area contributed by atoms with Gasteiger partial charge in [-0.2, -0.15) is 0 Å². The maximum absolute atomic E-state index is 11.0. The van der Waals surface area contributed by atoms with Gasteiger partial charge in [0.1, 0.15) is 11.4 Å². The van der Waals surface area contributed by atoms with Gasteiger partial charge >= 0.3 is 0 Å². The zero-order valence-electron chi connectivity index (χ0n) is 5.57. The molecule has 0 saturated heterocycles. The Balaban J connectivity index is 2.69. The first-order valence-corrected chi connectivity index (χ1v) is 3.16. The van der Waals surface area contributed by atoms with Crippen LogP contribution in [0.5, 0.6) is 0 Å². The van der Waals surface area contributed by atoms with Crippen LogP contribution in [0.15, 0.2) is 12.4 Å². The number of hydrogen-bond donors (Lipinski definition) is 0. The number of nitrogens with zero attached hydrogens (tertiary/aromatic N) is 2. The number of carbonyl (C=O) groups is 2. The molecule has 0 unspecified atom stereocenters. The van der Waals surface area contributed by atoms with Crippen molar-refractivity contribution >= 4 is 11.6 Å². The number of hydrogen-bond acceptors (Lipinski definition) is 4. The fraction of sp³-hybridized carbons (Fsp3) is 0.143. The third-order valence-corrected chi connectivity index (χ3v) is 1.55. The van der Waals surface area contributed by atoms with Crippen molar-refractivity contribution in [2.24, 2.45) is 0 Å². The summed E-state index contributed by atoms with van der Waals surface area (Å²) in [6, 6.07) is 0. The Labute approximate surface area is 62.3 Å². The molecule has 0 N–H and O–H groups in total. The van der Waals surface area contributed by atoms with E-state index in [1.807, 2.05) is 0 Å². The first-order chi connectivity index (χ1) is 5.29. The van der Waals surface area contributed by atoms with Crippen LogP contribution in [0.3, 0.4) is 0 Å². The maximum Gasteiger partial charge on any atom is 0.191 e. The smallest absolute Gasteiger partial charge is 0.191 e. The summed E-state index contributed by atoms with van der Waals surface area (Å²) in [6.07, 6.45) is 2.75. The van der Waals surface area contributed by atoms with Crippen molar-refractivity contribution < 1.29 is 9.59 Å². The predicted molar refractivity (Wildman–Crippen MR) is 35.3 cm³/mol. The third kappa shape index (κ3) is 0.756. The molecule has 54 valence electrons. The summed E-state index contributed by atoms with van der Waals surface area (Å²) in [5.41, 5.74) is 0.440. The summed E-state index contributed by atoms with van der Waals surface area (Å²) in [5, 5.41) is 0. The van der Waals surface area contributed by atoms with E-state index in [-0.39, 0.29) is 29.4 Å². The molecule has 1 heterocycles. The van der Waals surface area contributed by atoms with Crippen LogP contribution in [0.4, 0.5) is 0 Å². The zero-order valence-corrected chi connectivity index (χ0v) is 5.57. The molecule has 4 heteroatoms. The van der Waals surface area contributed by atoms with Crippen molar-refractivity contribution in [3.63, 3.8) is 0 Å². The normalized spacial score (nSPS) is 15.3. The summed E-state index contributed by atoms with van der Waals surface area (Å²) in [6.45, 7) is 0. The van der Waals surface area contributed by atoms with Crippen LogP contribution in [0, 0.1) is 0 Å². The first-order valence-electron chi connectivity index (χ1n) is 3.16. The number of Topliss-reactive ketones (excluding diaryl/α,β-unsaturated/α-hetero) is 2. The van der Waals surface area contributed by atoms with Crippen molar-refractivity contribution in [2.75, 3.05) is 0 Å². The van der Waals surface area contributed by atoms with E-state index in [0.717, 1.165) is 0 Å². The molecule has 0 spiro atoms. The minimum atomic E-state index is -0.224. The van der Waals surface area contributed by atoms with E-state index in [2.05, 4.69) is 9.97 Å². The zero-order chi connectivity index (χ0) is 7.84. The van der Waals surface area contributed by atoms with E-state index in [1.54, 1.807) is 0 Å². The molecule has 0 aliphatic heterocycles. The molecular weight excluding hydrogens is 144 g/mol. The fourth-order valence-electron chi connectivity index (χ4n) is 1.06. The highest BCUT2D eigenvalue weighted by atomic mass is 16.2. The Hall–Kier alpha value is -1.58. The number of ketones is 2. The molecule has 1 aliphatic rings. The lowest BCUT2D eigenvalue weighted by atomic mass is 10.3. The monoisotopic (exact) mass is 148 g/mol. The molecule has 0 bridgehead atoms. The third-order valence-electron chi connectivity index (χ3n) is 1.55. The molecule has 0 fully saturated rings. The fourth-order valence-corrected chi connectivity index (χ4v) is 1.06. The second kappa shape index (κ2) is 1.95. The Morgan fingerprint density at radius 3 is 1.91 bits per heavy atom. The second-order valence-electron chi connectivity index (χ2n) is 2.28. The van der Waals surface area contributed by atoms with E-state index in [0.29, 0.717) is 0 Å². The second-order valence-corrected chi connectivity index (χ2v) is 2.28. The number of carbonyl (C=O) groups excluding carboxylic acids is 2. The minimum absolute atomic E-state index is 0.0701.